The lowest BCUT2D eigenvalue weighted by molar-refractivity contribution is -0.143. The van der Waals surface area contributed by atoms with Gasteiger partial charge in [0.05, 0.1) is 0 Å². The van der Waals surface area contributed by atoms with Crippen LogP contribution in [0.5, 0.6) is 5.75 Å². The lowest BCUT2D eigenvalue weighted by Crippen LogP contribution is -2.53. The maximum atomic E-state index is 12.4. The summed E-state index contributed by atoms with van der Waals surface area (Å²) in [7, 11) is 0. The SMILES string of the molecule is CC(C)(C)C(=O)N1CCC2(CCc3ccccc3O2)CC1. The van der Waals surface area contributed by atoms with Crippen molar-refractivity contribution in [3.05, 3.63) is 29.8 Å². The van der Waals surface area contributed by atoms with Gasteiger partial charge in [-0.3, -0.25) is 4.79 Å². The number of amides is 1. The highest BCUT2D eigenvalue weighted by Crippen LogP contribution is 2.39. The highest BCUT2D eigenvalue weighted by Gasteiger charge is 2.41. The van der Waals surface area contributed by atoms with Crippen molar-refractivity contribution < 1.29 is 9.53 Å². The number of carbonyl (C=O) groups excluding carboxylic acids is 1. The van der Waals surface area contributed by atoms with Gasteiger partial charge in [-0.2, -0.15) is 0 Å². The summed E-state index contributed by atoms with van der Waals surface area (Å²) >= 11 is 0. The molecule has 0 saturated carbocycles. The smallest absolute Gasteiger partial charge is 0.227 e. The number of para-hydroxylation sites is 1. The number of piperidine rings is 1. The molecule has 0 aliphatic carbocycles. The monoisotopic (exact) mass is 287 g/mol. The molecule has 0 bridgehead atoms. The van der Waals surface area contributed by atoms with Crippen molar-refractivity contribution in [2.45, 2.75) is 52.1 Å². The number of rotatable bonds is 0. The molecule has 1 aromatic carbocycles. The largest absolute Gasteiger partial charge is 0.487 e. The van der Waals surface area contributed by atoms with Gasteiger partial charge in [0.2, 0.25) is 5.91 Å². The van der Waals surface area contributed by atoms with Crippen molar-refractivity contribution in [3.63, 3.8) is 0 Å². The summed E-state index contributed by atoms with van der Waals surface area (Å²) in [5.41, 5.74) is 0.976. The number of carbonyl (C=O) groups is 1. The molecule has 0 aromatic heterocycles. The van der Waals surface area contributed by atoms with Crippen LogP contribution in [0.4, 0.5) is 0 Å². The number of benzene rings is 1. The van der Waals surface area contributed by atoms with Crippen molar-refractivity contribution >= 4 is 5.91 Å². The average Bonchev–Trinajstić information content (AvgIpc) is 2.46. The molecule has 3 rings (SSSR count). The van der Waals surface area contributed by atoms with E-state index in [1.807, 2.05) is 31.7 Å². The molecular formula is C18H25NO2. The van der Waals surface area contributed by atoms with Gasteiger partial charge in [0, 0.05) is 31.3 Å². The van der Waals surface area contributed by atoms with Crippen LogP contribution in [-0.4, -0.2) is 29.5 Å². The zero-order chi connectivity index (χ0) is 15.1. The first-order chi connectivity index (χ1) is 9.90. The molecule has 2 aliphatic rings. The Morgan fingerprint density at radius 3 is 2.48 bits per heavy atom. The summed E-state index contributed by atoms with van der Waals surface area (Å²) in [4.78, 5) is 14.4. The molecule has 0 N–H and O–H groups in total. The molecule has 1 aromatic rings. The fourth-order valence-electron chi connectivity index (χ4n) is 3.40. The minimum absolute atomic E-state index is 0.0526. The van der Waals surface area contributed by atoms with Gasteiger partial charge >= 0.3 is 0 Å². The number of nitrogens with zero attached hydrogens (tertiary/aromatic N) is 1. The highest BCUT2D eigenvalue weighted by molar-refractivity contribution is 5.81. The van der Waals surface area contributed by atoms with Gasteiger partial charge in [-0.1, -0.05) is 39.0 Å². The second-order valence-corrected chi connectivity index (χ2v) is 7.43. The Morgan fingerprint density at radius 2 is 1.81 bits per heavy atom. The van der Waals surface area contributed by atoms with E-state index in [2.05, 4.69) is 18.2 Å². The quantitative estimate of drug-likeness (QED) is 0.732. The number of hydrogen-bond donors (Lipinski definition) is 0. The molecule has 1 fully saturated rings. The Morgan fingerprint density at radius 1 is 1.14 bits per heavy atom. The lowest BCUT2D eigenvalue weighted by atomic mass is 9.82. The molecule has 1 saturated heterocycles. The van der Waals surface area contributed by atoms with E-state index >= 15 is 0 Å². The number of aryl methyl sites for hydroxylation is 1. The van der Waals surface area contributed by atoms with Gasteiger partial charge in [-0.05, 0) is 24.5 Å². The second kappa shape index (κ2) is 5.04. The van der Waals surface area contributed by atoms with Crippen molar-refractivity contribution in [1.29, 1.82) is 0 Å². The van der Waals surface area contributed by atoms with Crippen LogP contribution in [0.25, 0.3) is 0 Å². The van der Waals surface area contributed by atoms with Gasteiger partial charge < -0.3 is 9.64 Å². The zero-order valence-corrected chi connectivity index (χ0v) is 13.3. The van der Waals surface area contributed by atoms with Gasteiger partial charge in [-0.15, -0.1) is 0 Å². The Kier molecular flexibility index (Phi) is 3.46. The van der Waals surface area contributed by atoms with E-state index < -0.39 is 0 Å². The first-order valence-electron chi connectivity index (χ1n) is 7.96. The summed E-state index contributed by atoms with van der Waals surface area (Å²) in [6.07, 6.45) is 4.05. The van der Waals surface area contributed by atoms with Crippen LogP contribution < -0.4 is 4.74 Å². The number of likely N-dealkylation sites (tertiary alicyclic amines) is 1. The second-order valence-electron chi connectivity index (χ2n) is 7.43. The first-order valence-corrected chi connectivity index (χ1v) is 7.96. The molecule has 2 aliphatic heterocycles. The number of hydrogen-bond acceptors (Lipinski definition) is 2. The molecule has 0 atom stereocenters. The fraction of sp³-hybridized carbons (Fsp3) is 0.611. The van der Waals surface area contributed by atoms with Crippen LogP contribution >= 0.6 is 0 Å². The molecule has 1 amide bonds. The molecule has 3 heteroatoms. The van der Waals surface area contributed by atoms with E-state index in [-0.39, 0.29) is 16.9 Å². The number of ether oxygens (including phenoxy) is 1. The van der Waals surface area contributed by atoms with Gasteiger partial charge in [0.15, 0.2) is 0 Å². The van der Waals surface area contributed by atoms with Crippen molar-refractivity contribution in [2.24, 2.45) is 5.41 Å². The van der Waals surface area contributed by atoms with Crippen LogP contribution in [0, 0.1) is 5.41 Å². The minimum atomic E-state index is -0.287. The molecule has 0 unspecified atom stereocenters. The summed E-state index contributed by atoms with van der Waals surface area (Å²) in [6.45, 7) is 7.61. The lowest BCUT2D eigenvalue weighted by Gasteiger charge is -2.45. The summed E-state index contributed by atoms with van der Waals surface area (Å²) in [5.74, 6) is 1.30. The van der Waals surface area contributed by atoms with Crippen LogP contribution in [0.1, 0.15) is 45.6 Å². The van der Waals surface area contributed by atoms with E-state index in [0.29, 0.717) is 0 Å². The highest BCUT2D eigenvalue weighted by atomic mass is 16.5. The Balaban J connectivity index is 1.68. The molecule has 0 radical (unpaired) electrons. The van der Waals surface area contributed by atoms with Crippen molar-refractivity contribution in [3.8, 4) is 5.75 Å². The van der Waals surface area contributed by atoms with Gasteiger partial charge in [0.25, 0.3) is 0 Å². The fourth-order valence-corrected chi connectivity index (χ4v) is 3.40. The third-order valence-electron chi connectivity index (χ3n) is 4.75. The van der Waals surface area contributed by atoms with E-state index in [0.717, 1.165) is 44.5 Å². The predicted octanol–water partition coefficient (Wildman–Crippen LogP) is 3.42. The van der Waals surface area contributed by atoms with Crippen molar-refractivity contribution in [2.75, 3.05) is 13.1 Å². The maximum Gasteiger partial charge on any atom is 0.227 e. The van der Waals surface area contributed by atoms with Crippen LogP contribution in [0.2, 0.25) is 0 Å². The third-order valence-corrected chi connectivity index (χ3v) is 4.75. The Labute approximate surface area is 127 Å². The number of fused-ring (bicyclic) bond motifs is 1. The summed E-state index contributed by atoms with van der Waals surface area (Å²) < 4.78 is 6.34. The molecule has 21 heavy (non-hydrogen) atoms. The first kappa shape index (κ1) is 14.4. The van der Waals surface area contributed by atoms with Crippen LogP contribution in [0.15, 0.2) is 24.3 Å². The minimum Gasteiger partial charge on any atom is -0.487 e. The van der Waals surface area contributed by atoms with Gasteiger partial charge in [0.1, 0.15) is 11.4 Å². The van der Waals surface area contributed by atoms with Crippen LogP contribution in [0.3, 0.4) is 0 Å². The third kappa shape index (κ3) is 2.78. The standard InChI is InChI=1S/C18H25NO2/c1-17(2,3)16(20)19-12-10-18(11-13-19)9-8-14-6-4-5-7-15(14)21-18/h4-7H,8-13H2,1-3H3. The molecular weight excluding hydrogens is 262 g/mol. The molecule has 3 nitrogen and oxygen atoms in total. The van der Waals surface area contributed by atoms with E-state index in [1.165, 1.54) is 5.56 Å². The predicted molar refractivity (Wildman–Crippen MR) is 83.4 cm³/mol. The van der Waals surface area contributed by atoms with E-state index in [4.69, 9.17) is 4.74 Å². The molecule has 114 valence electrons. The van der Waals surface area contributed by atoms with E-state index in [9.17, 15) is 4.79 Å². The topological polar surface area (TPSA) is 29.5 Å². The summed E-state index contributed by atoms with van der Waals surface area (Å²) in [5, 5.41) is 0. The zero-order valence-electron chi connectivity index (χ0n) is 13.3. The van der Waals surface area contributed by atoms with Crippen molar-refractivity contribution in [1.82, 2.24) is 4.90 Å². The Hall–Kier alpha value is -1.51. The molecule has 2 heterocycles. The Bertz CT molecular complexity index is 536. The summed E-state index contributed by atoms with van der Waals surface area (Å²) in [6, 6.07) is 8.34. The van der Waals surface area contributed by atoms with Crippen LogP contribution in [-0.2, 0) is 11.2 Å². The van der Waals surface area contributed by atoms with Gasteiger partial charge in [-0.25, -0.2) is 0 Å². The van der Waals surface area contributed by atoms with E-state index in [1.54, 1.807) is 0 Å². The average molecular weight is 287 g/mol. The normalized spacial score (nSPS) is 20.8. The molecule has 1 spiro atoms. The maximum absolute atomic E-state index is 12.4.